The van der Waals surface area contributed by atoms with Gasteiger partial charge in [-0.05, 0) is 32.2 Å². The van der Waals surface area contributed by atoms with Crippen molar-refractivity contribution in [3.63, 3.8) is 0 Å². The highest BCUT2D eigenvalue weighted by Gasteiger charge is 2.26. The van der Waals surface area contributed by atoms with Gasteiger partial charge in [0.15, 0.2) is 0 Å². The van der Waals surface area contributed by atoms with E-state index in [1.807, 2.05) is 4.90 Å². The number of aromatic nitrogens is 2. The Hall–Kier alpha value is -1.73. The maximum atomic E-state index is 12.1. The van der Waals surface area contributed by atoms with E-state index in [1.54, 1.807) is 13.2 Å². The molecule has 0 aromatic carbocycles. The van der Waals surface area contributed by atoms with Crippen LogP contribution < -0.4 is 10.9 Å². The molecule has 0 aliphatic carbocycles. The molecule has 25 heavy (non-hydrogen) atoms. The fraction of sp³-hybridized carbons (Fsp3) is 0.722. The summed E-state index contributed by atoms with van der Waals surface area (Å²) in [4.78, 5) is 33.8. The molecule has 1 aromatic rings. The minimum atomic E-state index is -0.0656. The van der Waals surface area contributed by atoms with Gasteiger partial charge in [-0.15, -0.1) is 0 Å². The first-order chi connectivity index (χ1) is 12.2. The minimum absolute atomic E-state index is 0.0656. The van der Waals surface area contributed by atoms with Crippen LogP contribution in [-0.4, -0.2) is 60.7 Å². The first-order valence-electron chi connectivity index (χ1n) is 9.26. The Morgan fingerprint density at radius 2 is 2.12 bits per heavy atom. The van der Waals surface area contributed by atoms with E-state index < -0.39 is 0 Å². The predicted octanol–water partition coefficient (Wildman–Crippen LogP) is 0.979. The van der Waals surface area contributed by atoms with Crippen molar-refractivity contribution in [1.29, 1.82) is 0 Å². The molecule has 2 N–H and O–H groups in total. The minimum Gasteiger partial charge on any atom is -0.384 e. The van der Waals surface area contributed by atoms with Crippen LogP contribution in [0.1, 0.15) is 55.5 Å². The third-order valence-electron chi connectivity index (χ3n) is 5.25. The third kappa shape index (κ3) is 4.67. The van der Waals surface area contributed by atoms with E-state index in [0.717, 1.165) is 50.3 Å². The highest BCUT2D eigenvalue weighted by molar-refractivity contribution is 5.76. The van der Waals surface area contributed by atoms with E-state index in [1.165, 1.54) is 0 Å². The van der Waals surface area contributed by atoms with Gasteiger partial charge < -0.3 is 19.9 Å². The maximum absolute atomic E-state index is 12.1. The number of aromatic amines is 1. The van der Waals surface area contributed by atoms with Crippen molar-refractivity contribution in [3.8, 4) is 0 Å². The average Bonchev–Trinajstić information content (AvgIpc) is 2.66. The summed E-state index contributed by atoms with van der Waals surface area (Å²) in [6, 6.07) is 1.64. The van der Waals surface area contributed by atoms with Gasteiger partial charge in [0.2, 0.25) is 5.91 Å². The van der Waals surface area contributed by atoms with Crippen LogP contribution in [0.5, 0.6) is 0 Å². The molecule has 7 heteroatoms. The number of hydrogen-bond donors (Lipinski definition) is 2. The summed E-state index contributed by atoms with van der Waals surface area (Å²) in [5.41, 5.74) is 0.841. The molecule has 138 valence electrons. The van der Waals surface area contributed by atoms with Crippen LogP contribution in [0.15, 0.2) is 10.9 Å². The fourth-order valence-corrected chi connectivity index (χ4v) is 3.75. The van der Waals surface area contributed by atoms with E-state index in [2.05, 4.69) is 10.3 Å². The molecule has 7 nitrogen and oxygen atoms in total. The Labute approximate surface area is 148 Å². The number of likely N-dealkylation sites (tertiary alicyclic amines) is 1. The van der Waals surface area contributed by atoms with Gasteiger partial charge in [-0.1, -0.05) is 0 Å². The second-order valence-corrected chi connectivity index (χ2v) is 7.00. The summed E-state index contributed by atoms with van der Waals surface area (Å²) >= 11 is 0. The van der Waals surface area contributed by atoms with E-state index >= 15 is 0 Å². The van der Waals surface area contributed by atoms with Crippen LogP contribution in [0.4, 0.5) is 0 Å². The molecule has 2 aliphatic rings. The monoisotopic (exact) mass is 348 g/mol. The van der Waals surface area contributed by atoms with Crippen LogP contribution in [0, 0.1) is 0 Å². The molecule has 0 saturated carbocycles. The molecule has 3 rings (SSSR count). The van der Waals surface area contributed by atoms with Crippen molar-refractivity contribution < 1.29 is 9.53 Å². The number of piperidine rings is 2. The fourth-order valence-electron chi connectivity index (χ4n) is 3.75. The van der Waals surface area contributed by atoms with Crippen molar-refractivity contribution in [1.82, 2.24) is 20.2 Å². The standard InChI is InChI=1S/C18H28N4O3/c1-25-10-6-17(24)22-8-4-13(5-9-22)18-20-15(11-16(23)21-18)14-3-2-7-19-12-14/h11,13-14,19H,2-10,12H2,1H3,(H,20,21,23)/t14-/m1/s1. The van der Waals surface area contributed by atoms with E-state index in [0.29, 0.717) is 32.0 Å². The quantitative estimate of drug-likeness (QED) is 0.828. The van der Waals surface area contributed by atoms with Crippen LogP contribution in [0.25, 0.3) is 0 Å². The highest BCUT2D eigenvalue weighted by atomic mass is 16.5. The van der Waals surface area contributed by atoms with Crippen molar-refractivity contribution in [2.75, 3.05) is 39.9 Å². The summed E-state index contributed by atoms with van der Waals surface area (Å²) in [5, 5.41) is 3.38. The zero-order valence-corrected chi connectivity index (χ0v) is 14.9. The lowest BCUT2D eigenvalue weighted by atomic mass is 9.93. The Bertz CT molecular complexity index is 631. The second kappa shape index (κ2) is 8.58. The number of methoxy groups -OCH3 is 1. The first-order valence-corrected chi connectivity index (χ1v) is 9.26. The molecule has 3 heterocycles. The Kier molecular flexibility index (Phi) is 6.20. The molecule has 0 radical (unpaired) electrons. The third-order valence-corrected chi connectivity index (χ3v) is 5.25. The topological polar surface area (TPSA) is 87.3 Å². The molecule has 2 fully saturated rings. The average molecular weight is 348 g/mol. The largest absolute Gasteiger partial charge is 0.384 e. The van der Waals surface area contributed by atoms with Crippen LogP contribution in [0.3, 0.4) is 0 Å². The van der Waals surface area contributed by atoms with Crippen molar-refractivity contribution in [2.24, 2.45) is 0 Å². The molecule has 0 unspecified atom stereocenters. The summed E-state index contributed by atoms with van der Waals surface area (Å²) in [5.74, 6) is 1.47. The van der Waals surface area contributed by atoms with Crippen LogP contribution in [-0.2, 0) is 9.53 Å². The number of carbonyl (C=O) groups is 1. The number of amides is 1. The number of hydrogen-bond acceptors (Lipinski definition) is 5. The van der Waals surface area contributed by atoms with Gasteiger partial charge in [-0.25, -0.2) is 4.98 Å². The van der Waals surface area contributed by atoms with Crippen molar-refractivity contribution >= 4 is 5.91 Å². The summed E-state index contributed by atoms with van der Waals surface area (Å²) in [6.45, 7) is 3.83. The number of ether oxygens (including phenoxy) is 1. The Balaban J connectivity index is 1.64. The molecular weight excluding hydrogens is 320 g/mol. The molecule has 0 bridgehead atoms. The van der Waals surface area contributed by atoms with Gasteiger partial charge >= 0.3 is 0 Å². The van der Waals surface area contributed by atoms with Crippen LogP contribution in [0.2, 0.25) is 0 Å². The molecule has 1 aromatic heterocycles. The normalized spacial score (nSPS) is 22.1. The van der Waals surface area contributed by atoms with E-state index in [9.17, 15) is 9.59 Å². The SMILES string of the molecule is COCCC(=O)N1CCC(c2nc([C@@H]3CCCNC3)cc(=O)[nH]2)CC1. The highest BCUT2D eigenvalue weighted by Crippen LogP contribution is 2.27. The first kappa shape index (κ1) is 18.1. The zero-order chi connectivity index (χ0) is 17.6. The molecule has 1 atom stereocenters. The maximum Gasteiger partial charge on any atom is 0.251 e. The van der Waals surface area contributed by atoms with Gasteiger partial charge in [0.1, 0.15) is 5.82 Å². The van der Waals surface area contributed by atoms with E-state index in [4.69, 9.17) is 9.72 Å². The number of H-pyrrole nitrogens is 1. The predicted molar refractivity (Wildman–Crippen MR) is 94.8 cm³/mol. The lowest BCUT2D eigenvalue weighted by molar-refractivity contribution is -0.133. The van der Waals surface area contributed by atoms with Crippen molar-refractivity contribution in [3.05, 3.63) is 27.9 Å². The van der Waals surface area contributed by atoms with Gasteiger partial charge in [-0.3, -0.25) is 9.59 Å². The number of nitrogens with zero attached hydrogens (tertiary/aromatic N) is 2. The number of nitrogens with one attached hydrogen (secondary N) is 2. The van der Waals surface area contributed by atoms with Gasteiger partial charge in [0, 0.05) is 44.6 Å². The van der Waals surface area contributed by atoms with Crippen LogP contribution >= 0.6 is 0 Å². The Morgan fingerprint density at radius 1 is 1.32 bits per heavy atom. The Morgan fingerprint density at radius 3 is 2.80 bits per heavy atom. The molecule has 1 amide bonds. The van der Waals surface area contributed by atoms with E-state index in [-0.39, 0.29) is 17.4 Å². The molecule has 0 spiro atoms. The lowest BCUT2D eigenvalue weighted by Gasteiger charge is -2.32. The molecular formula is C18H28N4O3. The van der Waals surface area contributed by atoms with Crippen molar-refractivity contribution in [2.45, 2.75) is 43.9 Å². The number of carbonyl (C=O) groups excluding carboxylic acids is 1. The summed E-state index contributed by atoms with van der Waals surface area (Å²) < 4.78 is 4.98. The number of rotatable bonds is 5. The molecule has 2 aliphatic heterocycles. The lowest BCUT2D eigenvalue weighted by Crippen LogP contribution is -2.39. The van der Waals surface area contributed by atoms with Gasteiger partial charge in [0.05, 0.1) is 18.7 Å². The summed E-state index contributed by atoms with van der Waals surface area (Å²) in [7, 11) is 1.61. The second-order valence-electron chi connectivity index (χ2n) is 7.00. The summed E-state index contributed by atoms with van der Waals surface area (Å²) in [6.07, 6.45) is 4.31. The smallest absolute Gasteiger partial charge is 0.251 e. The molecule has 2 saturated heterocycles. The zero-order valence-electron chi connectivity index (χ0n) is 14.9. The van der Waals surface area contributed by atoms with Gasteiger partial charge in [0.25, 0.3) is 5.56 Å². The van der Waals surface area contributed by atoms with Gasteiger partial charge in [-0.2, -0.15) is 0 Å².